The Labute approximate surface area is 106 Å². The van der Waals surface area contributed by atoms with Gasteiger partial charge in [0.2, 0.25) is 5.34 Å². The number of carbonyl (C=O) groups is 1. The van der Waals surface area contributed by atoms with Gasteiger partial charge in [-0.05, 0) is 6.92 Å². The minimum Gasteiger partial charge on any atom is -0.437 e. The van der Waals surface area contributed by atoms with Gasteiger partial charge in [-0.3, -0.25) is 4.57 Å². The van der Waals surface area contributed by atoms with Crippen LogP contribution in [-0.4, -0.2) is 25.5 Å². The smallest absolute Gasteiger partial charge is 0.379 e. The number of esters is 1. The van der Waals surface area contributed by atoms with Gasteiger partial charge in [0.1, 0.15) is 0 Å². The molecule has 1 aliphatic rings. The van der Waals surface area contributed by atoms with Gasteiger partial charge in [0, 0.05) is 20.6 Å². The lowest BCUT2D eigenvalue weighted by Crippen LogP contribution is -2.32. The summed E-state index contributed by atoms with van der Waals surface area (Å²) in [6, 6.07) is 0. The fourth-order valence-electron chi connectivity index (χ4n) is 1.84. The first kappa shape index (κ1) is 14.7. The van der Waals surface area contributed by atoms with Crippen molar-refractivity contribution in [3.63, 3.8) is 0 Å². The summed E-state index contributed by atoms with van der Waals surface area (Å²) in [5.41, 5.74) is 0.245. The van der Waals surface area contributed by atoms with E-state index in [0.29, 0.717) is 6.42 Å². The molecule has 0 aromatic carbocycles. The van der Waals surface area contributed by atoms with Gasteiger partial charge in [0.25, 0.3) is 0 Å². The molecular weight excluding hydrogens is 267 g/mol. The molecule has 7 heteroatoms. The molecule has 1 atom stereocenters. The molecule has 0 bridgehead atoms. The second-order valence-electron chi connectivity index (χ2n) is 3.73. The van der Waals surface area contributed by atoms with Crippen LogP contribution in [0.25, 0.3) is 0 Å². The maximum atomic E-state index is 12.5. The van der Waals surface area contributed by atoms with Crippen molar-refractivity contribution in [1.29, 1.82) is 0 Å². The van der Waals surface area contributed by atoms with Crippen LogP contribution in [0.1, 0.15) is 26.7 Å². The minimum absolute atomic E-state index is 0.108. The lowest BCUT2D eigenvalue weighted by Gasteiger charge is -2.33. The first-order chi connectivity index (χ1) is 7.88. The van der Waals surface area contributed by atoms with Crippen LogP contribution in [-0.2, 0) is 23.1 Å². The molecule has 0 aromatic heterocycles. The number of ether oxygens (including phenoxy) is 1. The fraction of sp³-hybridized carbons (Fsp3) is 0.700. The van der Waals surface area contributed by atoms with E-state index >= 15 is 0 Å². The molecule has 0 spiro atoms. The topological polar surface area (TPSA) is 61.8 Å². The molecule has 5 nitrogen and oxygen atoms in total. The summed E-state index contributed by atoms with van der Waals surface area (Å²) in [6.07, 6.45) is 0.904. The second kappa shape index (κ2) is 5.11. The van der Waals surface area contributed by atoms with E-state index in [4.69, 9.17) is 25.4 Å². The molecule has 0 amide bonds. The Morgan fingerprint density at radius 1 is 1.41 bits per heavy atom. The average Bonchev–Trinajstić information content (AvgIpc) is 2.54. The van der Waals surface area contributed by atoms with E-state index < -0.39 is 18.9 Å². The van der Waals surface area contributed by atoms with E-state index in [1.807, 2.05) is 6.92 Å². The summed E-state index contributed by atoms with van der Waals surface area (Å²) in [5.74, 6) is -0.585. The van der Waals surface area contributed by atoms with Gasteiger partial charge < -0.3 is 13.8 Å². The van der Waals surface area contributed by atoms with Crippen LogP contribution >= 0.6 is 19.2 Å². The van der Waals surface area contributed by atoms with Crippen LogP contribution in [0.5, 0.6) is 0 Å². The van der Waals surface area contributed by atoms with Gasteiger partial charge in [-0.2, -0.15) is 0 Å². The van der Waals surface area contributed by atoms with Crippen molar-refractivity contribution in [3.8, 4) is 0 Å². The fourth-order valence-corrected chi connectivity index (χ4v) is 4.20. The number of hydrogen-bond donors (Lipinski definition) is 0. The summed E-state index contributed by atoms with van der Waals surface area (Å²) in [6.45, 7) is 3.39. The van der Waals surface area contributed by atoms with Crippen molar-refractivity contribution in [2.75, 3.05) is 14.2 Å². The lowest BCUT2D eigenvalue weighted by atomic mass is 10.1. The van der Waals surface area contributed by atoms with Gasteiger partial charge in [-0.1, -0.05) is 24.9 Å². The molecule has 0 N–H and O–H groups in total. The highest BCUT2D eigenvalue weighted by Crippen LogP contribution is 2.67. The van der Waals surface area contributed by atoms with Crippen LogP contribution < -0.4 is 0 Å². The van der Waals surface area contributed by atoms with E-state index in [1.54, 1.807) is 0 Å². The highest BCUT2D eigenvalue weighted by molar-refractivity contribution is 7.56. The molecule has 0 radical (unpaired) electrons. The number of rotatable bonds is 5. The number of halogens is 1. The SMILES string of the molecule is CCCC1(P(=O)(OC)OC)OC(=O)C(C)=C1Cl. The van der Waals surface area contributed by atoms with Crippen LogP contribution in [0.2, 0.25) is 0 Å². The monoisotopic (exact) mass is 282 g/mol. The van der Waals surface area contributed by atoms with E-state index in [2.05, 4.69) is 0 Å². The van der Waals surface area contributed by atoms with E-state index in [-0.39, 0.29) is 17.0 Å². The Morgan fingerprint density at radius 2 is 1.94 bits per heavy atom. The van der Waals surface area contributed by atoms with Crippen molar-refractivity contribution in [1.82, 2.24) is 0 Å². The molecule has 0 saturated carbocycles. The van der Waals surface area contributed by atoms with Crippen molar-refractivity contribution in [2.24, 2.45) is 0 Å². The second-order valence-corrected chi connectivity index (χ2v) is 6.55. The van der Waals surface area contributed by atoms with Crippen molar-refractivity contribution in [2.45, 2.75) is 32.0 Å². The Hall–Kier alpha value is -0.350. The molecule has 1 aliphatic heterocycles. The summed E-state index contributed by atoms with van der Waals surface area (Å²) in [4.78, 5) is 11.6. The quantitative estimate of drug-likeness (QED) is 0.573. The van der Waals surface area contributed by atoms with Gasteiger partial charge >= 0.3 is 13.6 Å². The zero-order valence-electron chi connectivity index (χ0n) is 10.3. The molecule has 17 heavy (non-hydrogen) atoms. The largest absolute Gasteiger partial charge is 0.437 e. The summed E-state index contributed by atoms with van der Waals surface area (Å²) < 4.78 is 27.6. The number of cyclic esters (lactones) is 1. The van der Waals surface area contributed by atoms with E-state index in [1.165, 1.54) is 21.1 Å². The molecule has 0 aromatic rings. The van der Waals surface area contributed by atoms with E-state index in [0.717, 1.165) is 0 Å². The van der Waals surface area contributed by atoms with Crippen LogP contribution in [0.15, 0.2) is 10.6 Å². The Morgan fingerprint density at radius 3 is 2.24 bits per heavy atom. The third-order valence-corrected chi connectivity index (χ3v) is 5.86. The number of hydrogen-bond acceptors (Lipinski definition) is 5. The Bertz CT molecular complexity index is 398. The standard InChI is InChI=1S/C10H16ClO5P/c1-5-6-10(17(13,14-3)15-4)8(11)7(2)9(12)16-10/h5-6H2,1-4H3. The normalized spacial score (nSPS) is 25.4. The molecule has 0 aliphatic carbocycles. The van der Waals surface area contributed by atoms with Crippen LogP contribution in [0, 0.1) is 0 Å². The molecule has 1 unspecified atom stereocenters. The van der Waals surface area contributed by atoms with Gasteiger partial charge in [0.05, 0.1) is 10.6 Å². The molecule has 0 saturated heterocycles. The predicted molar refractivity (Wildman–Crippen MR) is 63.9 cm³/mol. The Kier molecular flexibility index (Phi) is 4.42. The van der Waals surface area contributed by atoms with Crippen LogP contribution in [0.4, 0.5) is 0 Å². The van der Waals surface area contributed by atoms with Gasteiger partial charge in [-0.15, -0.1) is 0 Å². The van der Waals surface area contributed by atoms with Crippen LogP contribution in [0.3, 0.4) is 0 Å². The van der Waals surface area contributed by atoms with E-state index in [9.17, 15) is 9.36 Å². The zero-order valence-corrected chi connectivity index (χ0v) is 11.9. The molecule has 1 heterocycles. The van der Waals surface area contributed by atoms with Crippen molar-refractivity contribution < 1.29 is 23.1 Å². The first-order valence-electron chi connectivity index (χ1n) is 5.20. The predicted octanol–water partition coefficient (Wildman–Crippen LogP) is 3.04. The van der Waals surface area contributed by atoms with Gasteiger partial charge in [0.15, 0.2) is 0 Å². The Balaban J connectivity index is 3.36. The highest BCUT2D eigenvalue weighted by atomic mass is 35.5. The van der Waals surface area contributed by atoms with Gasteiger partial charge in [-0.25, -0.2) is 4.79 Å². The molecule has 0 fully saturated rings. The van der Waals surface area contributed by atoms with Crippen molar-refractivity contribution in [3.05, 3.63) is 10.6 Å². The summed E-state index contributed by atoms with van der Waals surface area (Å²) in [7, 11) is -1.15. The molecular formula is C10H16ClO5P. The summed E-state index contributed by atoms with van der Waals surface area (Å²) >= 11 is 6.10. The van der Waals surface area contributed by atoms with Crippen molar-refractivity contribution >= 4 is 25.2 Å². The third kappa shape index (κ3) is 2.06. The highest BCUT2D eigenvalue weighted by Gasteiger charge is 2.60. The zero-order chi connectivity index (χ0) is 13.3. The number of carbonyl (C=O) groups excluding carboxylic acids is 1. The maximum Gasteiger partial charge on any atom is 0.379 e. The lowest BCUT2D eigenvalue weighted by molar-refractivity contribution is -0.143. The average molecular weight is 283 g/mol. The molecule has 1 rings (SSSR count). The summed E-state index contributed by atoms with van der Waals surface area (Å²) in [5, 5.41) is -1.38. The maximum absolute atomic E-state index is 12.5. The molecule has 98 valence electrons. The third-order valence-electron chi connectivity index (χ3n) is 2.75. The first-order valence-corrected chi connectivity index (χ1v) is 7.12. The minimum atomic E-state index is -3.64.